The monoisotopic (exact) mass is 398 g/mol. The Morgan fingerprint density at radius 3 is 2.46 bits per heavy atom. The third kappa shape index (κ3) is 3.98. The molecular formula is C22H26N2O3S. The second-order valence-electron chi connectivity index (χ2n) is 7.71. The van der Waals surface area contributed by atoms with Gasteiger partial charge in [-0.2, -0.15) is 4.31 Å². The van der Waals surface area contributed by atoms with E-state index in [1.54, 1.807) is 28.6 Å². The number of rotatable bonds is 5. The number of amides is 1. The Morgan fingerprint density at radius 2 is 1.71 bits per heavy atom. The van der Waals surface area contributed by atoms with E-state index in [1.165, 1.54) is 17.5 Å². The molecule has 2 aliphatic rings. The van der Waals surface area contributed by atoms with Crippen molar-refractivity contribution in [1.29, 1.82) is 0 Å². The quantitative estimate of drug-likeness (QED) is 0.842. The number of hydrogen-bond donors (Lipinski definition) is 1. The molecule has 0 radical (unpaired) electrons. The molecule has 0 aromatic heterocycles. The van der Waals surface area contributed by atoms with Gasteiger partial charge in [-0.25, -0.2) is 8.42 Å². The minimum atomic E-state index is -3.42. The molecule has 2 aromatic rings. The van der Waals surface area contributed by atoms with Crippen LogP contribution in [0.1, 0.15) is 40.7 Å². The molecule has 1 aliphatic heterocycles. The zero-order valence-corrected chi connectivity index (χ0v) is 16.7. The Kier molecular flexibility index (Phi) is 5.51. The van der Waals surface area contributed by atoms with Gasteiger partial charge in [-0.3, -0.25) is 4.79 Å². The van der Waals surface area contributed by atoms with Crippen LogP contribution in [-0.2, 0) is 22.9 Å². The van der Waals surface area contributed by atoms with Crippen molar-refractivity contribution in [3.63, 3.8) is 0 Å². The topological polar surface area (TPSA) is 66.5 Å². The lowest BCUT2D eigenvalue weighted by Crippen LogP contribution is -2.41. The fourth-order valence-electron chi connectivity index (χ4n) is 4.15. The second kappa shape index (κ2) is 8.05. The number of nitrogens with one attached hydrogen (secondary N) is 1. The average Bonchev–Trinajstić information content (AvgIpc) is 3.21. The van der Waals surface area contributed by atoms with E-state index in [-0.39, 0.29) is 5.91 Å². The summed E-state index contributed by atoms with van der Waals surface area (Å²) in [5.41, 5.74) is 3.39. The number of aryl methyl sites for hydroxylation is 2. The molecule has 1 heterocycles. The summed E-state index contributed by atoms with van der Waals surface area (Å²) in [4.78, 5) is 12.8. The normalized spacial score (nSPS) is 18.0. The van der Waals surface area contributed by atoms with Crippen molar-refractivity contribution in [1.82, 2.24) is 9.62 Å². The Bertz CT molecular complexity index is 949. The van der Waals surface area contributed by atoms with Crippen molar-refractivity contribution in [2.75, 3.05) is 19.6 Å². The minimum Gasteiger partial charge on any atom is -0.352 e. The van der Waals surface area contributed by atoms with E-state index >= 15 is 0 Å². The second-order valence-corrected chi connectivity index (χ2v) is 9.65. The summed E-state index contributed by atoms with van der Waals surface area (Å²) in [7, 11) is -3.42. The molecule has 148 valence electrons. The molecule has 1 aliphatic carbocycles. The molecule has 1 saturated heterocycles. The van der Waals surface area contributed by atoms with Gasteiger partial charge < -0.3 is 5.32 Å². The van der Waals surface area contributed by atoms with Crippen LogP contribution in [0, 0.1) is 5.92 Å². The van der Waals surface area contributed by atoms with Gasteiger partial charge in [0, 0.05) is 25.2 Å². The molecule has 0 spiro atoms. The first kappa shape index (κ1) is 19.2. The van der Waals surface area contributed by atoms with E-state index in [0.29, 0.717) is 30.4 Å². The van der Waals surface area contributed by atoms with Crippen molar-refractivity contribution in [2.45, 2.75) is 37.0 Å². The third-order valence-electron chi connectivity index (χ3n) is 5.87. The standard InChI is InChI=1S/C22H26N2O3S/c25-22(20-10-9-18-5-4-6-19(18)15-20)23-16-17-11-13-24(14-12-17)28(26,27)21-7-2-1-3-8-21/h1-3,7-10,15,17H,4-6,11-14,16H2,(H,23,25). The summed E-state index contributed by atoms with van der Waals surface area (Å²) in [6, 6.07) is 14.6. The molecule has 1 N–H and O–H groups in total. The molecule has 0 bridgehead atoms. The highest BCUT2D eigenvalue weighted by Gasteiger charge is 2.29. The van der Waals surface area contributed by atoms with Crippen molar-refractivity contribution >= 4 is 15.9 Å². The number of sulfonamides is 1. The van der Waals surface area contributed by atoms with Gasteiger partial charge in [-0.05, 0) is 73.4 Å². The van der Waals surface area contributed by atoms with E-state index in [0.717, 1.165) is 31.2 Å². The van der Waals surface area contributed by atoms with Crippen molar-refractivity contribution < 1.29 is 13.2 Å². The Hall–Kier alpha value is -2.18. The lowest BCUT2D eigenvalue weighted by molar-refractivity contribution is 0.0941. The Labute approximate surface area is 166 Å². The fraction of sp³-hybridized carbons (Fsp3) is 0.409. The van der Waals surface area contributed by atoms with Gasteiger partial charge in [0.1, 0.15) is 0 Å². The number of fused-ring (bicyclic) bond motifs is 1. The van der Waals surface area contributed by atoms with Crippen LogP contribution in [0.4, 0.5) is 0 Å². The molecule has 0 saturated carbocycles. The number of piperidine rings is 1. The van der Waals surface area contributed by atoms with E-state index in [1.807, 2.05) is 18.2 Å². The predicted molar refractivity (Wildman–Crippen MR) is 109 cm³/mol. The van der Waals surface area contributed by atoms with Crippen molar-refractivity contribution in [3.05, 3.63) is 65.2 Å². The van der Waals surface area contributed by atoms with Gasteiger partial charge in [-0.15, -0.1) is 0 Å². The zero-order valence-electron chi connectivity index (χ0n) is 15.9. The van der Waals surface area contributed by atoms with Crippen LogP contribution < -0.4 is 5.32 Å². The first-order chi connectivity index (χ1) is 13.5. The number of hydrogen-bond acceptors (Lipinski definition) is 3. The number of carbonyl (C=O) groups is 1. The zero-order chi connectivity index (χ0) is 19.6. The molecule has 28 heavy (non-hydrogen) atoms. The van der Waals surface area contributed by atoms with Crippen molar-refractivity contribution in [2.24, 2.45) is 5.92 Å². The predicted octanol–water partition coefficient (Wildman–Crippen LogP) is 3.01. The maximum Gasteiger partial charge on any atom is 0.251 e. The largest absolute Gasteiger partial charge is 0.352 e. The Morgan fingerprint density at radius 1 is 1.00 bits per heavy atom. The molecule has 1 fully saturated rings. The Balaban J connectivity index is 1.29. The molecule has 5 nitrogen and oxygen atoms in total. The first-order valence-electron chi connectivity index (χ1n) is 9.99. The summed E-state index contributed by atoms with van der Waals surface area (Å²) >= 11 is 0. The van der Waals surface area contributed by atoms with Crippen LogP contribution in [0.25, 0.3) is 0 Å². The van der Waals surface area contributed by atoms with Gasteiger partial charge >= 0.3 is 0 Å². The van der Waals surface area contributed by atoms with Crippen LogP contribution in [0.3, 0.4) is 0 Å². The van der Waals surface area contributed by atoms with E-state index in [2.05, 4.69) is 11.4 Å². The highest BCUT2D eigenvalue weighted by atomic mass is 32.2. The first-order valence-corrected chi connectivity index (χ1v) is 11.4. The molecule has 2 aromatic carbocycles. The molecule has 0 atom stereocenters. The maximum absolute atomic E-state index is 12.7. The highest BCUT2D eigenvalue weighted by Crippen LogP contribution is 2.24. The SMILES string of the molecule is O=C(NCC1CCN(S(=O)(=O)c2ccccc2)CC1)c1ccc2c(c1)CCC2. The lowest BCUT2D eigenvalue weighted by atomic mass is 9.98. The summed E-state index contributed by atoms with van der Waals surface area (Å²) in [6.07, 6.45) is 4.87. The smallest absolute Gasteiger partial charge is 0.251 e. The number of carbonyl (C=O) groups excluding carboxylic acids is 1. The molecular weight excluding hydrogens is 372 g/mol. The van der Waals surface area contributed by atoms with Gasteiger partial charge in [-0.1, -0.05) is 24.3 Å². The van der Waals surface area contributed by atoms with Crippen LogP contribution >= 0.6 is 0 Å². The number of nitrogens with zero attached hydrogens (tertiary/aromatic N) is 1. The molecule has 0 unspecified atom stereocenters. The van der Waals surface area contributed by atoms with Crippen LogP contribution in [0.15, 0.2) is 53.4 Å². The van der Waals surface area contributed by atoms with Crippen molar-refractivity contribution in [3.8, 4) is 0 Å². The summed E-state index contributed by atoms with van der Waals surface area (Å²) < 4.78 is 26.9. The fourth-order valence-corrected chi connectivity index (χ4v) is 5.64. The third-order valence-corrected chi connectivity index (χ3v) is 7.78. The van der Waals surface area contributed by atoms with Crippen LogP contribution in [0.5, 0.6) is 0 Å². The maximum atomic E-state index is 12.7. The molecule has 1 amide bonds. The number of benzene rings is 2. The van der Waals surface area contributed by atoms with E-state index in [9.17, 15) is 13.2 Å². The van der Waals surface area contributed by atoms with Gasteiger partial charge in [0.05, 0.1) is 4.90 Å². The van der Waals surface area contributed by atoms with E-state index < -0.39 is 10.0 Å². The summed E-state index contributed by atoms with van der Waals surface area (Å²) in [5.74, 6) is 0.273. The average molecular weight is 399 g/mol. The minimum absolute atomic E-state index is 0.0333. The van der Waals surface area contributed by atoms with Crippen LogP contribution in [0.2, 0.25) is 0 Å². The van der Waals surface area contributed by atoms with E-state index in [4.69, 9.17) is 0 Å². The highest BCUT2D eigenvalue weighted by molar-refractivity contribution is 7.89. The molecule has 6 heteroatoms. The van der Waals surface area contributed by atoms with Gasteiger partial charge in [0.15, 0.2) is 0 Å². The van der Waals surface area contributed by atoms with Gasteiger partial charge in [0.25, 0.3) is 5.91 Å². The lowest BCUT2D eigenvalue weighted by Gasteiger charge is -2.31. The van der Waals surface area contributed by atoms with Crippen LogP contribution in [-0.4, -0.2) is 38.3 Å². The summed E-state index contributed by atoms with van der Waals surface area (Å²) in [5, 5.41) is 3.04. The molecule has 4 rings (SSSR count). The summed E-state index contributed by atoms with van der Waals surface area (Å²) in [6.45, 7) is 1.59. The van der Waals surface area contributed by atoms with Gasteiger partial charge in [0.2, 0.25) is 10.0 Å².